The number of nitrogen functional groups attached to an aromatic ring is 1. The summed E-state index contributed by atoms with van der Waals surface area (Å²) in [7, 11) is 0. The third-order valence-electron chi connectivity index (χ3n) is 3.38. The highest BCUT2D eigenvalue weighted by atomic mass is 16.6. The number of nitrogens with two attached hydrogens (primary N) is 1. The van der Waals surface area contributed by atoms with E-state index in [9.17, 15) is 10.1 Å². The maximum Gasteiger partial charge on any atom is 0.353 e. The molecular weight excluding hydrogens is 320 g/mol. The minimum Gasteiger partial charge on any atom is -0.394 e. The van der Waals surface area contributed by atoms with Crippen LogP contribution in [0.1, 0.15) is 12.8 Å². The van der Waals surface area contributed by atoms with E-state index in [0.717, 1.165) is 12.8 Å². The van der Waals surface area contributed by atoms with Gasteiger partial charge in [0.05, 0.1) is 30.8 Å². The molecule has 2 rings (SSSR count). The molecule has 134 valence electrons. The van der Waals surface area contributed by atoms with Crippen molar-refractivity contribution < 1.29 is 19.5 Å². The third-order valence-corrected chi connectivity index (χ3v) is 3.38. The highest BCUT2D eigenvalue weighted by Crippen LogP contribution is 2.29. The monoisotopic (exact) mass is 342 g/mol. The molecule has 0 unspecified atom stereocenters. The number of rotatable bonds is 10. The molecule has 11 nitrogen and oxygen atoms in total. The summed E-state index contributed by atoms with van der Waals surface area (Å²) >= 11 is 0. The summed E-state index contributed by atoms with van der Waals surface area (Å²) < 4.78 is 10.6. The summed E-state index contributed by atoms with van der Waals surface area (Å²) in [5.41, 5.74) is 5.34. The Morgan fingerprint density at radius 2 is 2.25 bits per heavy atom. The Kier molecular flexibility index (Phi) is 6.90. The van der Waals surface area contributed by atoms with Crippen molar-refractivity contribution in [3.63, 3.8) is 0 Å². The van der Waals surface area contributed by atoms with E-state index in [4.69, 9.17) is 20.3 Å². The third kappa shape index (κ3) is 5.15. The standard InChI is InChI=1S/C13H22N6O5/c14-11-10(19(21)22)12(16-8-9-2-1-5-24-9)18-13(17-11)15-3-6-23-7-4-20/h9,20H,1-8H2,(H4,14,15,16,17,18)/t9-/m0/s1. The van der Waals surface area contributed by atoms with Crippen LogP contribution in [0.5, 0.6) is 0 Å². The topological polar surface area (TPSA) is 158 Å². The maximum absolute atomic E-state index is 11.2. The molecule has 0 aromatic carbocycles. The number of nitro groups is 1. The summed E-state index contributed by atoms with van der Waals surface area (Å²) in [5.74, 6) is 0.00549. The zero-order valence-electron chi connectivity index (χ0n) is 13.2. The first-order valence-electron chi connectivity index (χ1n) is 7.71. The quantitative estimate of drug-likeness (QED) is 0.258. The van der Waals surface area contributed by atoms with Crippen LogP contribution < -0.4 is 16.4 Å². The van der Waals surface area contributed by atoms with E-state index in [1.165, 1.54) is 0 Å². The minimum atomic E-state index is -0.610. The van der Waals surface area contributed by atoms with E-state index in [0.29, 0.717) is 26.3 Å². The second kappa shape index (κ2) is 9.15. The molecule has 1 aliphatic heterocycles. The van der Waals surface area contributed by atoms with Crippen molar-refractivity contribution in [3.05, 3.63) is 10.1 Å². The summed E-state index contributed by atoms with van der Waals surface area (Å²) in [4.78, 5) is 18.6. The SMILES string of the molecule is Nc1nc(NCCOCCO)nc(NC[C@@H]2CCCO2)c1[N+](=O)[O-]. The van der Waals surface area contributed by atoms with Gasteiger partial charge in [-0.2, -0.15) is 9.97 Å². The van der Waals surface area contributed by atoms with Gasteiger partial charge in [-0.3, -0.25) is 10.1 Å². The molecule has 0 bridgehead atoms. The fraction of sp³-hybridized carbons (Fsp3) is 0.692. The fourth-order valence-corrected chi connectivity index (χ4v) is 2.27. The second-order valence-electron chi connectivity index (χ2n) is 5.17. The summed E-state index contributed by atoms with van der Waals surface area (Å²) in [5, 5.41) is 25.6. The van der Waals surface area contributed by atoms with Gasteiger partial charge in [0.1, 0.15) is 0 Å². The van der Waals surface area contributed by atoms with Crippen LogP contribution in [-0.2, 0) is 9.47 Å². The molecule has 1 atom stereocenters. The molecule has 0 saturated carbocycles. The Bertz CT molecular complexity index is 552. The van der Waals surface area contributed by atoms with E-state index in [1.54, 1.807) is 0 Å². The summed E-state index contributed by atoms with van der Waals surface area (Å²) in [6, 6.07) is 0. The van der Waals surface area contributed by atoms with Crippen molar-refractivity contribution in [3.8, 4) is 0 Å². The lowest BCUT2D eigenvalue weighted by atomic mass is 10.2. The Balaban J connectivity index is 2.02. The molecule has 0 amide bonds. The van der Waals surface area contributed by atoms with Gasteiger partial charge in [-0.25, -0.2) is 0 Å². The van der Waals surface area contributed by atoms with E-state index in [2.05, 4.69) is 20.6 Å². The van der Waals surface area contributed by atoms with Crippen molar-refractivity contribution in [2.24, 2.45) is 0 Å². The smallest absolute Gasteiger partial charge is 0.353 e. The van der Waals surface area contributed by atoms with Gasteiger partial charge in [0.15, 0.2) is 0 Å². The molecule has 11 heteroatoms. The van der Waals surface area contributed by atoms with Gasteiger partial charge in [-0.1, -0.05) is 0 Å². The first-order valence-corrected chi connectivity index (χ1v) is 7.71. The molecule has 1 aromatic heterocycles. The summed E-state index contributed by atoms with van der Waals surface area (Å²) in [6.07, 6.45) is 1.87. The van der Waals surface area contributed by atoms with Gasteiger partial charge in [0.2, 0.25) is 17.6 Å². The van der Waals surface area contributed by atoms with Gasteiger partial charge in [0.25, 0.3) is 0 Å². The molecule has 1 saturated heterocycles. The van der Waals surface area contributed by atoms with Crippen LogP contribution in [-0.4, -0.2) is 65.6 Å². The lowest BCUT2D eigenvalue weighted by Crippen LogP contribution is -2.21. The van der Waals surface area contributed by atoms with E-state index < -0.39 is 4.92 Å². The van der Waals surface area contributed by atoms with Crippen LogP contribution in [0.3, 0.4) is 0 Å². The highest BCUT2D eigenvalue weighted by Gasteiger charge is 2.24. The average Bonchev–Trinajstić information content (AvgIpc) is 3.05. The van der Waals surface area contributed by atoms with Crippen LogP contribution in [0.15, 0.2) is 0 Å². The number of aliphatic hydroxyl groups excluding tert-OH is 1. The van der Waals surface area contributed by atoms with Gasteiger partial charge >= 0.3 is 5.69 Å². The number of nitrogens with zero attached hydrogens (tertiary/aromatic N) is 3. The van der Waals surface area contributed by atoms with Crippen LogP contribution in [0.4, 0.5) is 23.3 Å². The zero-order valence-corrected chi connectivity index (χ0v) is 13.2. The first kappa shape index (κ1) is 18.1. The van der Waals surface area contributed by atoms with Crippen LogP contribution in [0.25, 0.3) is 0 Å². The predicted octanol–water partition coefficient (Wildman–Crippen LogP) is -0.0213. The largest absolute Gasteiger partial charge is 0.394 e. The van der Waals surface area contributed by atoms with Crippen LogP contribution >= 0.6 is 0 Å². The number of nitrogens with one attached hydrogen (secondary N) is 2. The van der Waals surface area contributed by atoms with Crippen molar-refractivity contribution in [2.45, 2.75) is 18.9 Å². The van der Waals surface area contributed by atoms with E-state index >= 15 is 0 Å². The number of aromatic nitrogens is 2. The molecular formula is C13H22N6O5. The number of anilines is 3. The molecule has 1 aliphatic rings. The second-order valence-corrected chi connectivity index (χ2v) is 5.17. The molecule has 2 heterocycles. The Morgan fingerprint density at radius 3 is 2.92 bits per heavy atom. The van der Waals surface area contributed by atoms with Crippen molar-refractivity contribution in [1.29, 1.82) is 0 Å². The van der Waals surface area contributed by atoms with Gasteiger partial charge in [0, 0.05) is 19.7 Å². The Morgan fingerprint density at radius 1 is 1.42 bits per heavy atom. The Hall–Kier alpha value is -2.24. The number of aliphatic hydroxyl groups is 1. The lowest BCUT2D eigenvalue weighted by molar-refractivity contribution is -0.383. The van der Waals surface area contributed by atoms with Crippen molar-refractivity contribution in [1.82, 2.24) is 9.97 Å². The summed E-state index contributed by atoms with van der Waals surface area (Å²) in [6.45, 7) is 2.00. The van der Waals surface area contributed by atoms with Crippen molar-refractivity contribution in [2.75, 3.05) is 55.9 Å². The van der Waals surface area contributed by atoms with Crippen LogP contribution in [0, 0.1) is 10.1 Å². The zero-order chi connectivity index (χ0) is 17.4. The Labute approximate surface area is 138 Å². The molecule has 1 aromatic rings. The highest BCUT2D eigenvalue weighted by molar-refractivity contribution is 5.69. The predicted molar refractivity (Wildman–Crippen MR) is 87.0 cm³/mol. The number of hydrogen-bond donors (Lipinski definition) is 4. The molecule has 1 fully saturated rings. The lowest BCUT2D eigenvalue weighted by Gasteiger charge is -2.13. The number of ether oxygens (including phenoxy) is 2. The normalized spacial score (nSPS) is 17.0. The van der Waals surface area contributed by atoms with Gasteiger partial charge < -0.3 is 30.9 Å². The van der Waals surface area contributed by atoms with Gasteiger partial charge in [-0.05, 0) is 12.8 Å². The molecule has 0 radical (unpaired) electrons. The maximum atomic E-state index is 11.2. The number of hydrogen-bond acceptors (Lipinski definition) is 10. The average molecular weight is 342 g/mol. The molecule has 0 aliphatic carbocycles. The first-order chi connectivity index (χ1) is 11.6. The van der Waals surface area contributed by atoms with Crippen molar-refractivity contribution >= 4 is 23.3 Å². The fourth-order valence-electron chi connectivity index (χ4n) is 2.27. The molecule has 0 spiro atoms. The molecule has 24 heavy (non-hydrogen) atoms. The van der Waals surface area contributed by atoms with E-state index in [-0.39, 0.29) is 42.6 Å². The van der Waals surface area contributed by atoms with Crippen LogP contribution in [0.2, 0.25) is 0 Å². The van der Waals surface area contributed by atoms with Gasteiger partial charge in [-0.15, -0.1) is 0 Å². The minimum absolute atomic E-state index is 0.00378. The molecule has 5 N–H and O–H groups in total. The van der Waals surface area contributed by atoms with E-state index in [1.807, 2.05) is 0 Å².